The number of ether oxygens (including phenoxy) is 1. The van der Waals surface area contributed by atoms with Crippen molar-refractivity contribution in [2.75, 3.05) is 17.7 Å². The molecule has 0 saturated heterocycles. The fourth-order valence-electron chi connectivity index (χ4n) is 2.62. The highest BCUT2D eigenvalue weighted by Crippen LogP contribution is 2.23. The summed E-state index contributed by atoms with van der Waals surface area (Å²) < 4.78 is 6.89. The number of aromatic nitrogens is 4. The van der Waals surface area contributed by atoms with E-state index >= 15 is 0 Å². The predicted molar refractivity (Wildman–Crippen MR) is 111 cm³/mol. The number of anilines is 1. The van der Waals surface area contributed by atoms with Crippen molar-refractivity contribution in [1.29, 1.82) is 0 Å². The van der Waals surface area contributed by atoms with Gasteiger partial charge in [0, 0.05) is 30.2 Å². The summed E-state index contributed by atoms with van der Waals surface area (Å²) in [6, 6.07) is 10.3. The monoisotopic (exact) mass is 411 g/mol. The molecule has 0 aliphatic rings. The van der Waals surface area contributed by atoms with Crippen LogP contribution in [0.2, 0.25) is 0 Å². The van der Waals surface area contributed by atoms with Crippen LogP contribution in [0.4, 0.5) is 5.69 Å². The number of carbonyl (C=O) groups is 2. The Labute approximate surface area is 172 Å². The summed E-state index contributed by atoms with van der Waals surface area (Å²) in [5, 5.41) is 11.9. The van der Waals surface area contributed by atoms with Crippen molar-refractivity contribution in [3.8, 4) is 11.4 Å². The minimum atomic E-state index is -0.385. The molecule has 0 fully saturated rings. The molecule has 0 unspecified atom stereocenters. The van der Waals surface area contributed by atoms with Crippen molar-refractivity contribution < 1.29 is 14.3 Å². The number of nitrogens with one attached hydrogen (secondary N) is 1. The van der Waals surface area contributed by atoms with E-state index in [-0.39, 0.29) is 17.6 Å². The normalized spacial score (nSPS) is 10.6. The van der Waals surface area contributed by atoms with E-state index in [1.165, 1.54) is 11.8 Å². The molecule has 1 N–H and O–H groups in total. The van der Waals surface area contributed by atoms with Crippen molar-refractivity contribution in [2.45, 2.75) is 25.5 Å². The van der Waals surface area contributed by atoms with E-state index in [9.17, 15) is 9.59 Å². The van der Waals surface area contributed by atoms with E-state index in [1.807, 2.05) is 23.6 Å². The van der Waals surface area contributed by atoms with Crippen molar-refractivity contribution in [1.82, 2.24) is 19.7 Å². The molecule has 0 aliphatic carbocycles. The summed E-state index contributed by atoms with van der Waals surface area (Å²) in [6.07, 6.45) is 3.44. The van der Waals surface area contributed by atoms with Crippen LogP contribution in [0.3, 0.4) is 0 Å². The molecule has 1 aromatic carbocycles. The van der Waals surface area contributed by atoms with Crippen molar-refractivity contribution in [3.63, 3.8) is 0 Å². The molecular formula is C20H21N5O3S. The number of nitrogens with zero attached hydrogens (tertiary/aromatic N) is 4. The second kappa shape index (κ2) is 9.83. The quantitative estimate of drug-likeness (QED) is 0.449. The molecule has 2 heterocycles. The fourth-order valence-corrected chi connectivity index (χ4v) is 3.42. The maximum Gasteiger partial charge on any atom is 0.338 e. The first-order chi connectivity index (χ1) is 14.1. The number of hydrogen-bond acceptors (Lipinski definition) is 7. The first kappa shape index (κ1) is 20.5. The molecule has 3 rings (SSSR count). The van der Waals surface area contributed by atoms with Crippen LogP contribution in [0.5, 0.6) is 0 Å². The topological polar surface area (TPSA) is 99.0 Å². The Morgan fingerprint density at radius 1 is 1.14 bits per heavy atom. The highest BCUT2D eigenvalue weighted by molar-refractivity contribution is 7.99. The van der Waals surface area contributed by atoms with Gasteiger partial charge in [-0.3, -0.25) is 9.78 Å². The van der Waals surface area contributed by atoms with Crippen LogP contribution in [-0.4, -0.2) is 44.0 Å². The summed E-state index contributed by atoms with van der Waals surface area (Å²) in [5.41, 5.74) is 1.93. The molecule has 0 atom stereocenters. The van der Waals surface area contributed by atoms with E-state index in [0.29, 0.717) is 29.6 Å². The van der Waals surface area contributed by atoms with Crippen LogP contribution in [0, 0.1) is 0 Å². The van der Waals surface area contributed by atoms with Gasteiger partial charge in [-0.05, 0) is 50.2 Å². The van der Waals surface area contributed by atoms with E-state index in [0.717, 1.165) is 11.4 Å². The van der Waals surface area contributed by atoms with Gasteiger partial charge in [0.1, 0.15) is 0 Å². The lowest BCUT2D eigenvalue weighted by molar-refractivity contribution is -0.113. The second-order valence-electron chi connectivity index (χ2n) is 5.93. The Balaban J connectivity index is 1.60. The molecule has 2 aromatic heterocycles. The van der Waals surface area contributed by atoms with Gasteiger partial charge in [-0.2, -0.15) is 0 Å². The number of esters is 1. The van der Waals surface area contributed by atoms with Crippen molar-refractivity contribution >= 4 is 29.3 Å². The van der Waals surface area contributed by atoms with Crippen molar-refractivity contribution in [2.24, 2.45) is 0 Å². The molecular weight excluding hydrogens is 390 g/mol. The largest absolute Gasteiger partial charge is 0.462 e. The zero-order chi connectivity index (χ0) is 20.6. The van der Waals surface area contributed by atoms with Gasteiger partial charge in [-0.15, -0.1) is 10.2 Å². The standard InChI is InChI=1S/C20H21N5O3S/c1-3-25-18(15-6-5-11-21-12-15)23-24-20(25)29-13-17(26)22-16-9-7-14(8-10-16)19(27)28-4-2/h5-12H,3-4,13H2,1-2H3,(H,22,26). The van der Waals surface area contributed by atoms with Gasteiger partial charge in [-0.1, -0.05) is 11.8 Å². The Kier molecular flexibility index (Phi) is 6.96. The van der Waals surface area contributed by atoms with E-state index in [2.05, 4.69) is 20.5 Å². The van der Waals surface area contributed by atoms with Crippen LogP contribution in [0.1, 0.15) is 24.2 Å². The summed E-state index contributed by atoms with van der Waals surface area (Å²) in [7, 11) is 0. The Morgan fingerprint density at radius 2 is 1.93 bits per heavy atom. The summed E-state index contributed by atoms with van der Waals surface area (Å²) >= 11 is 1.31. The van der Waals surface area contributed by atoms with Gasteiger partial charge in [0.05, 0.1) is 17.9 Å². The van der Waals surface area contributed by atoms with E-state index < -0.39 is 0 Å². The van der Waals surface area contributed by atoms with E-state index in [1.54, 1.807) is 43.6 Å². The van der Waals surface area contributed by atoms with Crippen LogP contribution in [0.25, 0.3) is 11.4 Å². The molecule has 0 radical (unpaired) electrons. The Morgan fingerprint density at radius 3 is 2.59 bits per heavy atom. The van der Waals surface area contributed by atoms with Gasteiger partial charge in [-0.25, -0.2) is 4.79 Å². The number of amides is 1. The fraction of sp³-hybridized carbons (Fsp3) is 0.250. The number of thioether (sulfide) groups is 1. The third kappa shape index (κ3) is 5.20. The molecule has 0 saturated carbocycles. The summed E-state index contributed by atoms with van der Waals surface area (Å²) in [4.78, 5) is 28.1. The lowest BCUT2D eigenvalue weighted by atomic mass is 10.2. The SMILES string of the molecule is CCOC(=O)c1ccc(NC(=O)CSc2nnc(-c3cccnc3)n2CC)cc1. The lowest BCUT2D eigenvalue weighted by Gasteiger charge is -2.08. The van der Waals surface area contributed by atoms with Gasteiger partial charge in [0.15, 0.2) is 11.0 Å². The minimum absolute atomic E-state index is 0.174. The smallest absolute Gasteiger partial charge is 0.338 e. The molecule has 9 heteroatoms. The average molecular weight is 411 g/mol. The zero-order valence-corrected chi connectivity index (χ0v) is 17.0. The maximum absolute atomic E-state index is 12.3. The molecule has 3 aromatic rings. The average Bonchev–Trinajstić information content (AvgIpc) is 3.16. The van der Waals surface area contributed by atoms with Crippen LogP contribution < -0.4 is 5.32 Å². The minimum Gasteiger partial charge on any atom is -0.462 e. The lowest BCUT2D eigenvalue weighted by Crippen LogP contribution is -2.15. The van der Waals surface area contributed by atoms with Crippen molar-refractivity contribution in [3.05, 3.63) is 54.4 Å². The Bertz CT molecular complexity index is 974. The first-order valence-corrected chi connectivity index (χ1v) is 10.1. The van der Waals surface area contributed by atoms with E-state index in [4.69, 9.17) is 4.74 Å². The molecule has 29 heavy (non-hydrogen) atoms. The van der Waals surface area contributed by atoms with Gasteiger partial charge in [0.25, 0.3) is 0 Å². The predicted octanol–water partition coefficient (Wildman–Crippen LogP) is 3.27. The summed E-state index contributed by atoms with van der Waals surface area (Å²) in [5.74, 6) is 0.347. The maximum atomic E-state index is 12.3. The number of hydrogen-bond donors (Lipinski definition) is 1. The highest BCUT2D eigenvalue weighted by Gasteiger charge is 2.15. The Hall–Kier alpha value is -3.20. The third-order valence-corrected chi connectivity index (χ3v) is 4.93. The second-order valence-corrected chi connectivity index (χ2v) is 6.87. The molecule has 0 bridgehead atoms. The van der Waals surface area contributed by atoms with Crippen LogP contribution >= 0.6 is 11.8 Å². The first-order valence-electron chi connectivity index (χ1n) is 9.15. The molecule has 0 aliphatic heterocycles. The highest BCUT2D eigenvalue weighted by atomic mass is 32.2. The summed E-state index contributed by atoms with van der Waals surface area (Å²) in [6.45, 7) is 4.75. The van der Waals surface area contributed by atoms with Crippen LogP contribution in [0.15, 0.2) is 53.9 Å². The third-order valence-electron chi connectivity index (χ3n) is 3.96. The number of benzene rings is 1. The zero-order valence-electron chi connectivity index (χ0n) is 16.2. The molecule has 1 amide bonds. The van der Waals surface area contributed by atoms with Gasteiger partial charge >= 0.3 is 5.97 Å². The number of pyridine rings is 1. The molecule has 150 valence electrons. The van der Waals surface area contributed by atoms with Gasteiger partial charge < -0.3 is 14.6 Å². The molecule has 8 nitrogen and oxygen atoms in total. The number of rotatable bonds is 8. The molecule has 0 spiro atoms. The van der Waals surface area contributed by atoms with Gasteiger partial charge in [0.2, 0.25) is 5.91 Å². The van der Waals surface area contributed by atoms with Crippen LogP contribution in [-0.2, 0) is 16.1 Å². The number of carbonyl (C=O) groups excluding carboxylic acids is 2.